The topological polar surface area (TPSA) is 41.6 Å². The van der Waals surface area contributed by atoms with Crippen molar-refractivity contribution in [2.45, 2.75) is 6.42 Å². The van der Waals surface area contributed by atoms with Crippen LogP contribution in [0.4, 0.5) is 0 Å². The second-order valence-electron chi connectivity index (χ2n) is 3.46. The molecule has 1 aromatic carbocycles. The van der Waals surface area contributed by atoms with Crippen LogP contribution in [-0.2, 0) is 6.42 Å². The van der Waals surface area contributed by atoms with Gasteiger partial charge in [0.2, 0.25) is 0 Å². The fourth-order valence-electron chi connectivity index (χ4n) is 1.63. The second kappa shape index (κ2) is 5.75. The molecular formula is C11H16BrN3. The van der Waals surface area contributed by atoms with Crippen LogP contribution in [0, 0.1) is 0 Å². The van der Waals surface area contributed by atoms with Crippen LogP contribution in [-0.4, -0.2) is 30.5 Å². The molecule has 2 rings (SSSR count). The minimum atomic E-state index is 0. The van der Waals surface area contributed by atoms with Crippen LogP contribution in [0.25, 0.3) is 0 Å². The fraction of sp³-hybridized carbons (Fsp3) is 0.364. The molecule has 82 valence electrons. The van der Waals surface area contributed by atoms with E-state index in [1.54, 1.807) is 0 Å². The molecule has 0 aromatic heterocycles. The first-order valence-corrected chi connectivity index (χ1v) is 4.95. The van der Waals surface area contributed by atoms with Crippen molar-refractivity contribution in [3.63, 3.8) is 0 Å². The number of rotatable bonds is 3. The zero-order chi connectivity index (χ0) is 9.80. The van der Waals surface area contributed by atoms with Crippen LogP contribution in [0.3, 0.4) is 0 Å². The summed E-state index contributed by atoms with van der Waals surface area (Å²) < 4.78 is 0. The van der Waals surface area contributed by atoms with Gasteiger partial charge in [-0.15, -0.1) is 17.0 Å². The van der Waals surface area contributed by atoms with Gasteiger partial charge in [-0.05, 0) is 12.0 Å². The molecular weight excluding hydrogens is 254 g/mol. The van der Waals surface area contributed by atoms with Gasteiger partial charge in [-0.25, -0.2) is 0 Å². The van der Waals surface area contributed by atoms with Crippen molar-refractivity contribution in [1.82, 2.24) is 4.90 Å². The van der Waals surface area contributed by atoms with Gasteiger partial charge in [-0.2, -0.15) is 0 Å². The van der Waals surface area contributed by atoms with Gasteiger partial charge in [0.1, 0.15) is 0 Å². The normalized spacial score (nSPS) is 14.7. The highest BCUT2D eigenvalue weighted by molar-refractivity contribution is 8.93. The molecule has 0 amide bonds. The van der Waals surface area contributed by atoms with Gasteiger partial charge in [0, 0.05) is 13.1 Å². The van der Waals surface area contributed by atoms with E-state index in [0.717, 1.165) is 26.1 Å². The molecule has 0 aliphatic carbocycles. The summed E-state index contributed by atoms with van der Waals surface area (Å²) in [6, 6.07) is 10.5. The average Bonchev–Trinajstić information content (AvgIpc) is 2.63. The van der Waals surface area contributed by atoms with E-state index < -0.39 is 0 Å². The molecule has 0 saturated carbocycles. The van der Waals surface area contributed by atoms with Crippen molar-refractivity contribution in [2.75, 3.05) is 19.6 Å². The van der Waals surface area contributed by atoms with Crippen LogP contribution in [0.5, 0.6) is 0 Å². The van der Waals surface area contributed by atoms with Crippen LogP contribution in [0.15, 0.2) is 35.3 Å². The Balaban J connectivity index is 0.00000112. The molecule has 3 nitrogen and oxygen atoms in total. The van der Waals surface area contributed by atoms with Crippen molar-refractivity contribution in [1.29, 1.82) is 0 Å². The molecule has 1 heterocycles. The number of nitrogens with two attached hydrogens (primary N) is 1. The predicted octanol–water partition coefficient (Wildman–Crippen LogP) is 1.44. The van der Waals surface area contributed by atoms with Gasteiger partial charge in [-0.3, -0.25) is 4.99 Å². The molecule has 1 aliphatic rings. The summed E-state index contributed by atoms with van der Waals surface area (Å²) in [7, 11) is 0. The van der Waals surface area contributed by atoms with Gasteiger partial charge in [0.05, 0.1) is 6.54 Å². The Bertz CT molecular complexity index is 324. The van der Waals surface area contributed by atoms with Gasteiger partial charge >= 0.3 is 0 Å². The molecule has 15 heavy (non-hydrogen) atoms. The zero-order valence-corrected chi connectivity index (χ0v) is 10.3. The monoisotopic (exact) mass is 269 g/mol. The van der Waals surface area contributed by atoms with Crippen molar-refractivity contribution in [3.8, 4) is 0 Å². The summed E-state index contributed by atoms with van der Waals surface area (Å²) in [5.74, 6) is 0.695. The Morgan fingerprint density at radius 3 is 2.60 bits per heavy atom. The third-order valence-electron chi connectivity index (χ3n) is 2.48. The first-order chi connectivity index (χ1) is 6.86. The summed E-state index contributed by atoms with van der Waals surface area (Å²) in [6.45, 7) is 2.79. The maximum atomic E-state index is 5.72. The number of halogens is 1. The van der Waals surface area contributed by atoms with E-state index in [-0.39, 0.29) is 17.0 Å². The lowest BCUT2D eigenvalue weighted by Gasteiger charge is -2.16. The predicted molar refractivity (Wildman–Crippen MR) is 68.5 cm³/mol. The van der Waals surface area contributed by atoms with Crippen molar-refractivity contribution < 1.29 is 0 Å². The van der Waals surface area contributed by atoms with Crippen LogP contribution < -0.4 is 5.73 Å². The summed E-state index contributed by atoms with van der Waals surface area (Å²) in [5.41, 5.74) is 7.07. The number of guanidine groups is 1. The van der Waals surface area contributed by atoms with Gasteiger partial charge in [-0.1, -0.05) is 30.3 Å². The largest absolute Gasteiger partial charge is 0.370 e. The van der Waals surface area contributed by atoms with Gasteiger partial charge < -0.3 is 10.6 Å². The first kappa shape index (κ1) is 12.0. The Morgan fingerprint density at radius 2 is 2.00 bits per heavy atom. The van der Waals surface area contributed by atoms with Crippen LogP contribution in [0.1, 0.15) is 5.56 Å². The SMILES string of the molecule is Br.NC1=NCCN1CCc1ccccc1. The summed E-state index contributed by atoms with van der Waals surface area (Å²) in [5, 5.41) is 0. The lowest BCUT2D eigenvalue weighted by atomic mass is 10.1. The van der Waals surface area contributed by atoms with Crippen molar-refractivity contribution in [2.24, 2.45) is 10.7 Å². The molecule has 0 radical (unpaired) electrons. The third kappa shape index (κ3) is 3.23. The molecule has 0 fully saturated rings. The van der Waals surface area contributed by atoms with E-state index in [1.165, 1.54) is 5.56 Å². The van der Waals surface area contributed by atoms with E-state index in [4.69, 9.17) is 5.73 Å². The highest BCUT2D eigenvalue weighted by Gasteiger charge is 2.12. The van der Waals surface area contributed by atoms with E-state index in [2.05, 4.69) is 34.2 Å². The molecule has 0 unspecified atom stereocenters. The minimum absolute atomic E-state index is 0. The van der Waals surface area contributed by atoms with E-state index in [9.17, 15) is 0 Å². The van der Waals surface area contributed by atoms with E-state index in [1.807, 2.05) is 6.07 Å². The number of hydrogen-bond acceptors (Lipinski definition) is 3. The summed E-state index contributed by atoms with van der Waals surface area (Å²) >= 11 is 0. The lowest BCUT2D eigenvalue weighted by molar-refractivity contribution is 0.457. The lowest BCUT2D eigenvalue weighted by Crippen LogP contribution is -2.35. The number of benzene rings is 1. The Kier molecular flexibility index (Phi) is 4.62. The highest BCUT2D eigenvalue weighted by atomic mass is 79.9. The molecule has 0 bridgehead atoms. The maximum Gasteiger partial charge on any atom is 0.191 e. The minimum Gasteiger partial charge on any atom is -0.370 e. The third-order valence-corrected chi connectivity index (χ3v) is 2.48. The molecule has 0 spiro atoms. The standard InChI is InChI=1S/C11H15N3.BrH/c12-11-13-7-9-14(11)8-6-10-4-2-1-3-5-10;/h1-5H,6-9H2,(H2,12,13);1H. The van der Waals surface area contributed by atoms with Crippen molar-refractivity contribution >= 4 is 22.9 Å². The molecule has 1 aliphatic heterocycles. The van der Waals surface area contributed by atoms with Crippen LogP contribution in [0.2, 0.25) is 0 Å². The quantitative estimate of drug-likeness (QED) is 0.903. The Morgan fingerprint density at radius 1 is 1.27 bits per heavy atom. The number of nitrogens with zero attached hydrogens (tertiary/aromatic N) is 2. The van der Waals surface area contributed by atoms with E-state index in [0.29, 0.717) is 5.96 Å². The number of hydrogen-bond donors (Lipinski definition) is 1. The maximum absolute atomic E-state index is 5.72. The fourth-order valence-corrected chi connectivity index (χ4v) is 1.63. The molecule has 0 atom stereocenters. The van der Waals surface area contributed by atoms with Crippen molar-refractivity contribution in [3.05, 3.63) is 35.9 Å². The number of aliphatic imine (C=N–C) groups is 1. The molecule has 2 N–H and O–H groups in total. The highest BCUT2D eigenvalue weighted by Crippen LogP contribution is 2.03. The zero-order valence-electron chi connectivity index (χ0n) is 8.60. The second-order valence-corrected chi connectivity index (χ2v) is 3.46. The molecule has 0 saturated heterocycles. The molecule has 4 heteroatoms. The summed E-state index contributed by atoms with van der Waals surface area (Å²) in [4.78, 5) is 6.28. The Labute approximate surface area is 101 Å². The smallest absolute Gasteiger partial charge is 0.191 e. The first-order valence-electron chi connectivity index (χ1n) is 4.95. The van der Waals surface area contributed by atoms with Crippen LogP contribution >= 0.6 is 17.0 Å². The van der Waals surface area contributed by atoms with E-state index >= 15 is 0 Å². The summed E-state index contributed by atoms with van der Waals surface area (Å²) in [6.07, 6.45) is 1.04. The van der Waals surface area contributed by atoms with Gasteiger partial charge in [0.15, 0.2) is 5.96 Å². The Hall–Kier alpha value is -1.03. The average molecular weight is 270 g/mol. The molecule has 1 aromatic rings. The van der Waals surface area contributed by atoms with Gasteiger partial charge in [0.25, 0.3) is 0 Å².